The Bertz CT molecular complexity index is 1430. The summed E-state index contributed by atoms with van der Waals surface area (Å²) in [5.74, 6) is -0.0574. The van der Waals surface area contributed by atoms with Gasteiger partial charge in [0.2, 0.25) is 0 Å². The zero-order chi connectivity index (χ0) is 27.4. The van der Waals surface area contributed by atoms with Gasteiger partial charge in [0.1, 0.15) is 5.82 Å². The molecule has 0 aliphatic carbocycles. The number of aromatic nitrogens is 3. The molecule has 3 N–H and O–H groups in total. The van der Waals surface area contributed by atoms with Crippen molar-refractivity contribution >= 4 is 11.7 Å². The SMILES string of the molecule is CCc1cc(CO[C@H]2CN(Cc3ccccc3)C[C@@H]2NC(=O)c2cc(-c3cnn(C)c3)cnc2N)ccc1C. The van der Waals surface area contributed by atoms with Gasteiger partial charge in [-0.3, -0.25) is 14.4 Å². The highest BCUT2D eigenvalue weighted by atomic mass is 16.5. The summed E-state index contributed by atoms with van der Waals surface area (Å²) in [6.07, 6.45) is 6.11. The van der Waals surface area contributed by atoms with E-state index in [0.29, 0.717) is 18.7 Å². The van der Waals surface area contributed by atoms with Crippen LogP contribution in [0.4, 0.5) is 5.82 Å². The van der Waals surface area contributed by atoms with E-state index >= 15 is 0 Å². The van der Waals surface area contributed by atoms with Crippen molar-refractivity contribution in [2.75, 3.05) is 18.8 Å². The van der Waals surface area contributed by atoms with Crippen molar-refractivity contribution in [3.63, 3.8) is 0 Å². The van der Waals surface area contributed by atoms with Crippen LogP contribution in [0.2, 0.25) is 0 Å². The highest BCUT2D eigenvalue weighted by molar-refractivity contribution is 5.99. The minimum absolute atomic E-state index is 0.167. The molecule has 1 aliphatic rings. The fourth-order valence-electron chi connectivity index (χ4n) is 5.16. The average molecular weight is 525 g/mol. The number of pyridine rings is 1. The summed E-state index contributed by atoms with van der Waals surface area (Å²) in [4.78, 5) is 20.1. The highest BCUT2D eigenvalue weighted by Gasteiger charge is 2.35. The van der Waals surface area contributed by atoms with Crippen molar-refractivity contribution in [2.45, 2.75) is 45.6 Å². The fraction of sp³-hybridized carbons (Fsp3) is 0.323. The first kappa shape index (κ1) is 26.6. The Balaban J connectivity index is 1.33. The fourth-order valence-corrected chi connectivity index (χ4v) is 5.16. The van der Waals surface area contributed by atoms with Gasteiger partial charge >= 0.3 is 0 Å². The Morgan fingerprint density at radius 3 is 2.64 bits per heavy atom. The number of hydrogen-bond donors (Lipinski definition) is 2. The first-order valence-electron chi connectivity index (χ1n) is 13.4. The molecule has 8 heteroatoms. The number of carbonyl (C=O) groups excluding carboxylic acids is 1. The van der Waals surface area contributed by atoms with Gasteiger partial charge in [-0.1, -0.05) is 55.5 Å². The summed E-state index contributed by atoms with van der Waals surface area (Å²) in [7, 11) is 1.85. The van der Waals surface area contributed by atoms with Gasteiger partial charge in [0.25, 0.3) is 5.91 Å². The number of anilines is 1. The Morgan fingerprint density at radius 2 is 1.90 bits per heavy atom. The first-order chi connectivity index (χ1) is 18.9. The van der Waals surface area contributed by atoms with E-state index in [4.69, 9.17) is 10.5 Å². The van der Waals surface area contributed by atoms with Crippen molar-refractivity contribution in [3.05, 3.63) is 101 Å². The topological polar surface area (TPSA) is 98.3 Å². The number of nitrogens with zero attached hydrogens (tertiary/aromatic N) is 4. The molecule has 0 saturated carbocycles. The lowest BCUT2D eigenvalue weighted by atomic mass is 10.0. The average Bonchev–Trinajstić information content (AvgIpc) is 3.54. The van der Waals surface area contributed by atoms with Gasteiger partial charge in [-0.25, -0.2) is 4.98 Å². The van der Waals surface area contributed by atoms with Crippen LogP contribution in [0, 0.1) is 6.92 Å². The van der Waals surface area contributed by atoms with Crippen molar-refractivity contribution in [2.24, 2.45) is 7.05 Å². The molecular weight excluding hydrogens is 488 g/mol. The molecule has 1 amide bonds. The van der Waals surface area contributed by atoms with E-state index in [-0.39, 0.29) is 23.9 Å². The molecule has 8 nitrogen and oxygen atoms in total. The van der Waals surface area contributed by atoms with E-state index in [1.165, 1.54) is 16.7 Å². The number of amides is 1. The van der Waals surface area contributed by atoms with Crippen LogP contribution in [0.25, 0.3) is 11.1 Å². The summed E-state index contributed by atoms with van der Waals surface area (Å²) in [6.45, 7) is 6.98. The number of ether oxygens (including phenoxy) is 1. The van der Waals surface area contributed by atoms with Crippen LogP contribution >= 0.6 is 0 Å². The normalized spacial score (nSPS) is 17.4. The maximum Gasteiger partial charge on any atom is 0.255 e. The Morgan fingerprint density at radius 1 is 1.08 bits per heavy atom. The van der Waals surface area contributed by atoms with E-state index in [1.807, 2.05) is 31.4 Å². The summed E-state index contributed by atoms with van der Waals surface area (Å²) < 4.78 is 8.17. The lowest BCUT2D eigenvalue weighted by molar-refractivity contribution is 0.0310. The molecule has 3 heterocycles. The molecule has 5 rings (SSSR count). The van der Waals surface area contributed by atoms with Gasteiger partial charge in [-0.15, -0.1) is 0 Å². The molecule has 0 radical (unpaired) electrons. The van der Waals surface area contributed by atoms with Crippen LogP contribution < -0.4 is 11.1 Å². The number of carbonyl (C=O) groups is 1. The van der Waals surface area contributed by atoms with E-state index in [1.54, 1.807) is 23.1 Å². The molecule has 4 aromatic rings. The molecular formula is C31H36N6O2. The molecule has 0 unspecified atom stereocenters. The quantitative estimate of drug-likeness (QED) is 0.342. The number of likely N-dealkylation sites (tertiary alicyclic amines) is 1. The number of benzene rings is 2. The molecule has 1 saturated heterocycles. The second kappa shape index (κ2) is 11.8. The first-order valence-corrected chi connectivity index (χ1v) is 13.4. The van der Waals surface area contributed by atoms with Crippen LogP contribution in [0.5, 0.6) is 0 Å². The lowest BCUT2D eigenvalue weighted by Crippen LogP contribution is -2.44. The minimum Gasteiger partial charge on any atom is -0.383 e. The smallest absolute Gasteiger partial charge is 0.255 e. The second-order valence-electron chi connectivity index (χ2n) is 10.3. The van der Waals surface area contributed by atoms with Crippen molar-refractivity contribution in [3.8, 4) is 11.1 Å². The van der Waals surface area contributed by atoms with Crippen LogP contribution in [0.1, 0.15) is 39.5 Å². The Labute approximate surface area is 229 Å². The third-order valence-electron chi connectivity index (χ3n) is 7.37. The van der Waals surface area contributed by atoms with Crippen molar-refractivity contribution in [1.29, 1.82) is 0 Å². The van der Waals surface area contributed by atoms with Gasteiger partial charge in [0, 0.05) is 50.2 Å². The van der Waals surface area contributed by atoms with Crippen LogP contribution in [-0.2, 0) is 31.4 Å². The minimum atomic E-state index is -0.255. The van der Waals surface area contributed by atoms with Crippen molar-refractivity contribution in [1.82, 2.24) is 25.0 Å². The lowest BCUT2D eigenvalue weighted by Gasteiger charge is -2.21. The predicted molar refractivity (Wildman–Crippen MR) is 153 cm³/mol. The standard InChI is InChI=1S/C31H36N6O2/c1-4-24-12-23(11-10-21(24)2)20-39-29-19-37(16-22-8-6-5-7-9-22)18-28(29)35-31(38)27-13-25(14-33-30(27)32)26-15-34-36(3)17-26/h5-15,17,28-29H,4,16,18-20H2,1-3H3,(H2,32,33)(H,35,38)/t28-,29-/m0/s1. The third-order valence-corrected chi connectivity index (χ3v) is 7.37. The molecule has 0 spiro atoms. The summed E-state index contributed by atoms with van der Waals surface area (Å²) in [5, 5.41) is 7.43. The largest absolute Gasteiger partial charge is 0.383 e. The number of rotatable bonds is 9. The third kappa shape index (κ3) is 6.35. The summed E-state index contributed by atoms with van der Waals surface area (Å²) in [6, 6.07) is 18.4. The number of nitrogens with one attached hydrogen (secondary N) is 1. The van der Waals surface area contributed by atoms with E-state index < -0.39 is 0 Å². The molecule has 0 bridgehead atoms. The molecule has 202 valence electrons. The number of hydrogen-bond acceptors (Lipinski definition) is 6. The van der Waals surface area contributed by atoms with Gasteiger partial charge in [-0.05, 0) is 41.7 Å². The second-order valence-corrected chi connectivity index (χ2v) is 10.3. The Hall–Kier alpha value is -4.01. The van der Waals surface area contributed by atoms with Gasteiger partial charge in [0.15, 0.2) is 0 Å². The van der Waals surface area contributed by atoms with Crippen LogP contribution in [0.15, 0.2) is 73.2 Å². The van der Waals surface area contributed by atoms with E-state index in [9.17, 15) is 4.79 Å². The van der Waals surface area contributed by atoms with Gasteiger partial charge in [-0.2, -0.15) is 5.10 Å². The van der Waals surface area contributed by atoms with E-state index in [0.717, 1.165) is 36.2 Å². The summed E-state index contributed by atoms with van der Waals surface area (Å²) >= 11 is 0. The molecule has 39 heavy (non-hydrogen) atoms. The van der Waals surface area contributed by atoms with Gasteiger partial charge < -0.3 is 15.8 Å². The zero-order valence-corrected chi connectivity index (χ0v) is 22.8. The van der Waals surface area contributed by atoms with Crippen molar-refractivity contribution < 1.29 is 9.53 Å². The van der Waals surface area contributed by atoms with Crippen LogP contribution in [0.3, 0.4) is 0 Å². The predicted octanol–water partition coefficient (Wildman–Crippen LogP) is 4.13. The molecule has 2 aromatic carbocycles. The number of nitrogens with two attached hydrogens (primary N) is 1. The number of nitrogen functional groups attached to an aromatic ring is 1. The Kier molecular flexibility index (Phi) is 8.05. The monoisotopic (exact) mass is 524 g/mol. The molecule has 1 aliphatic heterocycles. The molecule has 1 fully saturated rings. The van der Waals surface area contributed by atoms with Gasteiger partial charge in [0.05, 0.1) is 30.5 Å². The maximum atomic E-state index is 13.5. The molecule has 2 aromatic heterocycles. The maximum absolute atomic E-state index is 13.5. The van der Waals surface area contributed by atoms with Crippen LogP contribution in [-0.4, -0.2) is 50.8 Å². The zero-order valence-electron chi connectivity index (χ0n) is 22.8. The highest BCUT2D eigenvalue weighted by Crippen LogP contribution is 2.24. The van der Waals surface area contributed by atoms with E-state index in [2.05, 4.69) is 64.5 Å². The number of aryl methyl sites for hydroxylation is 3. The summed E-state index contributed by atoms with van der Waals surface area (Å²) in [5.41, 5.74) is 13.2. The molecule has 2 atom stereocenters.